The van der Waals surface area contributed by atoms with Gasteiger partial charge in [0.25, 0.3) is 5.91 Å². The molecule has 1 fully saturated rings. The molecule has 0 saturated carbocycles. The zero-order valence-electron chi connectivity index (χ0n) is 25.0. The average Bonchev–Trinajstić information content (AvgIpc) is 3.54. The first-order valence-electron chi connectivity index (χ1n) is 14.4. The third-order valence-electron chi connectivity index (χ3n) is 7.67. The number of fused-ring (bicyclic) bond motifs is 2. The first kappa shape index (κ1) is 31.1. The summed E-state index contributed by atoms with van der Waals surface area (Å²) >= 11 is 2.16. The minimum Gasteiger partial charge on any atom is -0.493 e. The summed E-state index contributed by atoms with van der Waals surface area (Å²) in [7, 11) is 1.46. The molecule has 11 nitrogen and oxygen atoms in total. The number of ether oxygens (including phenoxy) is 3. The Morgan fingerprint density at radius 3 is 2.48 bits per heavy atom. The minimum absolute atomic E-state index is 0.221. The highest BCUT2D eigenvalue weighted by Crippen LogP contribution is 2.53. The lowest BCUT2D eigenvalue weighted by Crippen LogP contribution is -2.32. The van der Waals surface area contributed by atoms with Crippen molar-refractivity contribution in [2.24, 2.45) is 5.92 Å². The Kier molecular flexibility index (Phi) is 8.69. The number of aromatic nitrogens is 1. The van der Waals surface area contributed by atoms with Crippen LogP contribution in [0.2, 0.25) is 0 Å². The highest BCUT2D eigenvalue weighted by Gasteiger charge is 2.56. The number of esters is 1. The lowest BCUT2D eigenvalue weighted by molar-refractivity contribution is -0.122. The number of nitrogens with one attached hydrogen (secondary N) is 2. The second kappa shape index (κ2) is 12.9. The molecule has 3 heterocycles. The maximum atomic E-state index is 14.1. The molecule has 3 atom stereocenters. The van der Waals surface area contributed by atoms with Crippen molar-refractivity contribution in [2.45, 2.75) is 30.0 Å². The zero-order valence-corrected chi connectivity index (χ0v) is 26.7. The summed E-state index contributed by atoms with van der Waals surface area (Å²) < 4.78 is 16.4. The number of aryl methyl sites for hydroxylation is 1. The number of anilines is 2. The van der Waals surface area contributed by atoms with E-state index in [0.29, 0.717) is 43.9 Å². The monoisotopic (exact) mass is 659 g/mol. The zero-order chi connectivity index (χ0) is 32.5. The van der Waals surface area contributed by atoms with Crippen LogP contribution in [0.15, 0.2) is 76.6 Å². The van der Waals surface area contributed by atoms with E-state index in [-0.39, 0.29) is 24.0 Å². The summed E-state index contributed by atoms with van der Waals surface area (Å²) in [4.78, 5) is 69.3. The van der Waals surface area contributed by atoms with Crippen LogP contribution in [-0.2, 0) is 19.1 Å². The van der Waals surface area contributed by atoms with Crippen LogP contribution in [0.1, 0.15) is 39.2 Å². The van der Waals surface area contributed by atoms with Crippen molar-refractivity contribution in [3.8, 4) is 11.5 Å². The van der Waals surface area contributed by atoms with Gasteiger partial charge in [0, 0.05) is 16.5 Å². The topological polar surface area (TPSA) is 144 Å². The molecule has 1 aromatic heterocycles. The van der Waals surface area contributed by atoms with Gasteiger partial charge in [-0.1, -0.05) is 41.3 Å². The number of imide groups is 1. The fourth-order valence-electron chi connectivity index (χ4n) is 5.65. The fourth-order valence-corrected chi connectivity index (χ4v) is 8.17. The SMILES string of the molecule is CCOC(=O)c1ccc(N2C(=O)C3Sc4[nH]c(=O)sc4C(c4ccc(OCC(=O)Nc5cccc(C)c5)c(OC)c4)C3C2=O)cc1. The van der Waals surface area contributed by atoms with Gasteiger partial charge in [-0.25, -0.2) is 9.69 Å². The van der Waals surface area contributed by atoms with Gasteiger partial charge < -0.3 is 24.5 Å². The number of thioether (sulfide) groups is 1. The summed E-state index contributed by atoms with van der Waals surface area (Å²) in [6.07, 6.45) is 0. The molecule has 236 valence electrons. The first-order chi connectivity index (χ1) is 22.2. The van der Waals surface area contributed by atoms with Crippen molar-refractivity contribution in [2.75, 3.05) is 30.5 Å². The van der Waals surface area contributed by atoms with E-state index < -0.39 is 34.9 Å². The first-order valence-corrected chi connectivity index (χ1v) is 16.1. The second-order valence-electron chi connectivity index (χ2n) is 10.6. The number of hydrogen-bond acceptors (Lipinski definition) is 10. The Labute approximate surface area is 271 Å². The van der Waals surface area contributed by atoms with E-state index >= 15 is 0 Å². The van der Waals surface area contributed by atoms with E-state index in [1.165, 1.54) is 31.0 Å². The van der Waals surface area contributed by atoms with Crippen LogP contribution in [-0.4, -0.2) is 54.2 Å². The molecule has 0 aliphatic carbocycles. The van der Waals surface area contributed by atoms with Crippen molar-refractivity contribution in [1.82, 2.24) is 4.98 Å². The van der Waals surface area contributed by atoms with Crippen LogP contribution >= 0.6 is 23.1 Å². The molecular weight excluding hydrogens is 631 g/mol. The Balaban J connectivity index is 1.28. The molecule has 1 saturated heterocycles. The van der Waals surface area contributed by atoms with Gasteiger partial charge in [0.05, 0.1) is 35.9 Å². The van der Waals surface area contributed by atoms with E-state index in [1.54, 1.807) is 43.3 Å². The molecule has 46 heavy (non-hydrogen) atoms. The molecule has 3 aromatic carbocycles. The quantitative estimate of drug-likeness (QED) is 0.192. The van der Waals surface area contributed by atoms with Crippen LogP contribution < -0.4 is 24.6 Å². The molecule has 13 heteroatoms. The molecule has 4 aromatic rings. The number of aromatic amines is 1. The van der Waals surface area contributed by atoms with E-state index in [4.69, 9.17) is 14.2 Å². The Hall–Kier alpha value is -4.88. The molecule has 2 aliphatic rings. The number of carbonyl (C=O) groups is 4. The van der Waals surface area contributed by atoms with Crippen molar-refractivity contribution in [3.05, 3.63) is 98.0 Å². The highest BCUT2D eigenvalue weighted by molar-refractivity contribution is 8.00. The highest BCUT2D eigenvalue weighted by atomic mass is 32.2. The maximum Gasteiger partial charge on any atom is 0.338 e. The Morgan fingerprint density at radius 1 is 0.978 bits per heavy atom. The lowest BCUT2D eigenvalue weighted by Gasteiger charge is -2.30. The molecule has 6 rings (SSSR count). The standard InChI is InChI=1S/C33H29N3O8S2/c1-4-43-32(40)18-8-11-21(12-9-18)36-30(38)26-25(27-29(35-33(41)46-27)45-28(26)31(36)39)19-10-13-22(23(15-19)42-3)44-16-24(37)34-20-7-5-6-17(2)14-20/h5-15,25-26,28H,4,16H2,1-3H3,(H,34,37)(H,35,41). The van der Waals surface area contributed by atoms with Gasteiger partial charge in [-0.2, -0.15) is 0 Å². The van der Waals surface area contributed by atoms with E-state index in [1.807, 2.05) is 25.1 Å². The van der Waals surface area contributed by atoms with Crippen LogP contribution in [0.25, 0.3) is 0 Å². The summed E-state index contributed by atoms with van der Waals surface area (Å²) in [6.45, 7) is 3.59. The minimum atomic E-state index is -0.822. The van der Waals surface area contributed by atoms with E-state index in [2.05, 4.69) is 10.3 Å². The van der Waals surface area contributed by atoms with Crippen LogP contribution in [0.3, 0.4) is 0 Å². The second-order valence-corrected chi connectivity index (χ2v) is 12.8. The molecule has 2 N–H and O–H groups in total. The number of rotatable bonds is 9. The normalized spacial score (nSPS) is 18.5. The van der Waals surface area contributed by atoms with Crippen molar-refractivity contribution in [3.63, 3.8) is 0 Å². The summed E-state index contributed by atoms with van der Waals surface area (Å²) in [5, 5.41) is 2.53. The summed E-state index contributed by atoms with van der Waals surface area (Å²) in [5.41, 5.74) is 2.94. The van der Waals surface area contributed by atoms with Gasteiger partial charge in [-0.3, -0.25) is 19.2 Å². The molecule has 3 unspecified atom stereocenters. The van der Waals surface area contributed by atoms with Crippen molar-refractivity contribution >= 4 is 58.2 Å². The van der Waals surface area contributed by atoms with Gasteiger partial charge >= 0.3 is 10.8 Å². The number of amides is 3. The summed E-state index contributed by atoms with van der Waals surface area (Å²) in [6, 6.07) is 18.6. The van der Waals surface area contributed by atoms with Gasteiger partial charge in [0.2, 0.25) is 11.8 Å². The number of nitrogens with zero attached hydrogens (tertiary/aromatic N) is 1. The van der Waals surface area contributed by atoms with Crippen molar-refractivity contribution in [1.29, 1.82) is 0 Å². The Bertz CT molecular complexity index is 1900. The van der Waals surface area contributed by atoms with Crippen LogP contribution in [0, 0.1) is 12.8 Å². The van der Waals surface area contributed by atoms with Crippen LogP contribution in [0.4, 0.5) is 11.4 Å². The van der Waals surface area contributed by atoms with Crippen LogP contribution in [0.5, 0.6) is 11.5 Å². The lowest BCUT2D eigenvalue weighted by atomic mass is 9.83. The van der Waals surface area contributed by atoms with Gasteiger partial charge in [0.1, 0.15) is 5.25 Å². The predicted octanol–water partition coefficient (Wildman–Crippen LogP) is 4.74. The maximum absolute atomic E-state index is 14.1. The number of H-pyrrole nitrogens is 1. The van der Waals surface area contributed by atoms with E-state index in [0.717, 1.165) is 21.8 Å². The fraction of sp³-hybridized carbons (Fsp3) is 0.242. The molecule has 2 aliphatic heterocycles. The number of carbonyl (C=O) groups excluding carboxylic acids is 4. The number of thiazole rings is 1. The third kappa shape index (κ3) is 5.90. The Morgan fingerprint density at radius 2 is 1.76 bits per heavy atom. The van der Waals surface area contributed by atoms with Gasteiger partial charge in [0.15, 0.2) is 18.1 Å². The summed E-state index contributed by atoms with van der Waals surface area (Å²) in [5.74, 6) is -2.52. The average molecular weight is 660 g/mol. The molecule has 0 bridgehead atoms. The number of hydrogen-bond donors (Lipinski definition) is 2. The van der Waals surface area contributed by atoms with Gasteiger partial charge in [-0.15, -0.1) is 0 Å². The largest absolute Gasteiger partial charge is 0.493 e. The molecule has 3 amide bonds. The number of methoxy groups -OCH3 is 1. The molecule has 0 spiro atoms. The third-order valence-corrected chi connectivity index (χ3v) is 10.1. The molecular formula is C33H29N3O8S2. The predicted molar refractivity (Wildman–Crippen MR) is 173 cm³/mol. The molecule has 0 radical (unpaired) electrons. The van der Waals surface area contributed by atoms with E-state index in [9.17, 15) is 24.0 Å². The van der Waals surface area contributed by atoms with Crippen molar-refractivity contribution < 1.29 is 33.4 Å². The smallest absolute Gasteiger partial charge is 0.338 e. The van der Waals surface area contributed by atoms with Gasteiger partial charge in [-0.05, 0) is 73.5 Å². The number of benzene rings is 3.